The van der Waals surface area contributed by atoms with Crippen LogP contribution >= 0.6 is 23.2 Å². The Morgan fingerprint density at radius 3 is 2.56 bits per heavy atom. The summed E-state index contributed by atoms with van der Waals surface area (Å²) in [6.45, 7) is 0. The first-order valence-corrected chi connectivity index (χ1v) is 5.11. The van der Waals surface area contributed by atoms with Crippen LogP contribution in [0.2, 0.25) is 10.0 Å². The van der Waals surface area contributed by atoms with Crippen molar-refractivity contribution < 1.29 is 0 Å². The Balaban J connectivity index is 2.73. The number of rotatable bonds is 1. The van der Waals surface area contributed by atoms with Gasteiger partial charge in [0.05, 0.1) is 15.7 Å². The lowest BCUT2D eigenvalue weighted by Gasteiger charge is -2.07. The van der Waals surface area contributed by atoms with E-state index in [-0.39, 0.29) is 5.02 Å². The molecule has 2 rings (SSSR count). The zero-order valence-corrected chi connectivity index (χ0v) is 9.42. The second kappa shape index (κ2) is 4.15. The SMILES string of the molecule is O=c1ccn(-c2cccc(Cl)c2Cl)c(=O)[nH]1. The minimum absolute atomic E-state index is 0.262. The van der Waals surface area contributed by atoms with E-state index < -0.39 is 11.2 Å². The molecule has 0 fully saturated rings. The van der Waals surface area contributed by atoms with E-state index >= 15 is 0 Å². The van der Waals surface area contributed by atoms with Crippen molar-refractivity contribution in [2.75, 3.05) is 0 Å². The van der Waals surface area contributed by atoms with Crippen LogP contribution in [0.15, 0.2) is 40.1 Å². The topological polar surface area (TPSA) is 54.9 Å². The number of hydrogen-bond donors (Lipinski definition) is 1. The summed E-state index contributed by atoms with van der Waals surface area (Å²) in [6, 6.07) is 6.15. The number of nitrogens with zero attached hydrogens (tertiary/aromatic N) is 1. The smallest absolute Gasteiger partial charge is 0.274 e. The Hall–Kier alpha value is -1.52. The maximum atomic E-state index is 11.5. The molecule has 0 radical (unpaired) electrons. The lowest BCUT2D eigenvalue weighted by atomic mass is 10.3. The van der Waals surface area contributed by atoms with E-state index in [1.165, 1.54) is 16.8 Å². The molecular weight excluding hydrogens is 251 g/mol. The van der Waals surface area contributed by atoms with Gasteiger partial charge in [-0.3, -0.25) is 14.3 Å². The number of halogens is 2. The molecule has 0 aliphatic rings. The number of benzene rings is 1. The summed E-state index contributed by atoms with van der Waals surface area (Å²) in [6.07, 6.45) is 1.35. The largest absolute Gasteiger partial charge is 0.332 e. The van der Waals surface area contributed by atoms with Gasteiger partial charge in [0.15, 0.2) is 0 Å². The Bertz CT molecular complexity index is 646. The van der Waals surface area contributed by atoms with Crippen molar-refractivity contribution in [3.05, 3.63) is 61.3 Å². The highest BCUT2D eigenvalue weighted by Crippen LogP contribution is 2.27. The van der Waals surface area contributed by atoms with Crippen LogP contribution in [-0.2, 0) is 0 Å². The molecule has 0 aliphatic carbocycles. The fourth-order valence-electron chi connectivity index (χ4n) is 1.29. The van der Waals surface area contributed by atoms with Crippen LogP contribution in [-0.4, -0.2) is 9.55 Å². The Labute approximate surface area is 100 Å². The van der Waals surface area contributed by atoms with Gasteiger partial charge in [0.2, 0.25) is 0 Å². The standard InChI is InChI=1S/C10H6Cl2N2O2/c11-6-2-1-3-7(9(6)12)14-5-4-8(15)13-10(14)16/h1-5H,(H,13,15,16). The normalized spacial score (nSPS) is 10.4. The fourth-order valence-corrected chi connectivity index (χ4v) is 1.67. The summed E-state index contributed by atoms with van der Waals surface area (Å²) in [7, 11) is 0. The monoisotopic (exact) mass is 256 g/mol. The molecule has 1 aromatic carbocycles. The van der Waals surface area contributed by atoms with Gasteiger partial charge < -0.3 is 0 Å². The molecule has 0 saturated heterocycles. The second-order valence-corrected chi connectivity index (χ2v) is 3.84. The molecule has 1 N–H and O–H groups in total. The average Bonchev–Trinajstić information content (AvgIpc) is 2.23. The summed E-state index contributed by atoms with van der Waals surface area (Å²) in [5, 5.41) is 0.607. The van der Waals surface area contributed by atoms with E-state index in [2.05, 4.69) is 4.98 Å². The first kappa shape index (κ1) is 11.0. The van der Waals surface area contributed by atoms with Crippen molar-refractivity contribution in [1.29, 1.82) is 0 Å². The lowest BCUT2D eigenvalue weighted by Crippen LogP contribution is -2.27. The summed E-state index contributed by atoms with van der Waals surface area (Å²) in [5.74, 6) is 0. The molecule has 82 valence electrons. The highest BCUT2D eigenvalue weighted by atomic mass is 35.5. The summed E-state index contributed by atoms with van der Waals surface area (Å²) in [4.78, 5) is 24.5. The molecule has 0 unspecified atom stereocenters. The van der Waals surface area contributed by atoms with Crippen molar-refractivity contribution in [3.8, 4) is 5.69 Å². The van der Waals surface area contributed by atoms with Gasteiger partial charge in [-0.1, -0.05) is 29.3 Å². The Kier molecular flexibility index (Phi) is 2.85. The van der Waals surface area contributed by atoms with Crippen molar-refractivity contribution in [1.82, 2.24) is 9.55 Å². The highest BCUT2D eigenvalue weighted by Gasteiger charge is 2.07. The van der Waals surface area contributed by atoms with E-state index in [0.717, 1.165) is 0 Å². The van der Waals surface area contributed by atoms with Crippen molar-refractivity contribution in [2.24, 2.45) is 0 Å². The van der Waals surface area contributed by atoms with E-state index in [9.17, 15) is 9.59 Å². The summed E-state index contributed by atoms with van der Waals surface area (Å²) >= 11 is 11.8. The van der Waals surface area contributed by atoms with Gasteiger partial charge >= 0.3 is 5.69 Å². The molecule has 4 nitrogen and oxygen atoms in total. The highest BCUT2D eigenvalue weighted by molar-refractivity contribution is 6.43. The van der Waals surface area contributed by atoms with E-state index in [1.54, 1.807) is 18.2 Å². The third kappa shape index (κ3) is 1.89. The van der Waals surface area contributed by atoms with Crippen LogP contribution < -0.4 is 11.2 Å². The van der Waals surface area contributed by atoms with Gasteiger partial charge in [0.25, 0.3) is 5.56 Å². The van der Waals surface area contributed by atoms with E-state index in [0.29, 0.717) is 10.7 Å². The molecule has 6 heteroatoms. The van der Waals surface area contributed by atoms with Gasteiger partial charge in [0, 0.05) is 12.3 Å². The van der Waals surface area contributed by atoms with Crippen LogP contribution in [0.25, 0.3) is 5.69 Å². The third-order valence-corrected chi connectivity index (χ3v) is 2.82. The number of hydrogen-bond acceptors (Lipinski definition) is 2. The van der Waals surface area contributed by atoms with Gasteiger partial charge in [0.1, 0.15) is 0 Å². The van der Waals surface area contributed by atoms with Crippen LogP contribution in [0.3, 0.4) is 0 Å². The molecule has 0 amide bonds. The predicted octanol–water partition coefficient (Wildman–Crippen LogP) is 1.83. The summed E-state index contributed by atoms with van der Waals surface area (Å²) < 4.78 is 1.22. The molecule has 0 bridgehead atoms. The average molecular weight is 257 g/mol. The quantitative estimate of drug-likeness (QED) is 0.847. The minimum atomic E-state index is -0.559. The first-order valence-electron chi connectivity index (χ1n) is 4.36. The lowest BCUT2D eigenvalue weighted by molar-refractivity contribution is 0.896. The maximum absolute atomic E-state index is 11.5. The Morgan fingerprint density at radius 2 is 1.88 bits per heavy atom. The zero-order chi connectivity index (χ0) is 11.7. The van der Waals surface area contributed by atoms with Crippen LogP contribution in [0.4, 0.5) is 0 Å². The predicted molar refractivity (Wildman–Crippen MR) is 62.7 cm³/mol. The van der Waals surface area contributed by atoms with Crippen molar-refractivity contribution >= 4 is 23.2 Å². The maximum Gasteiger partial charge on any atom is 0.332 e. The van der Waals surface area contributed by atoms with Gasteiger partial charge in [-0.15, -0.1) is 0 Å². The molecule has 1 heterocycles. The van der Waals surface area contributed by atoms with Crippen LogP contribution in [0, 0.1) is 0 Å². The van der Waals surface area contributed by atoms with E-state index in [4.69, 9.17) is 23.2 Å². The number of H-pyrrole nitrogens is 1. The molecule has 16 heavy (non-hydrogen) atoms. The van der Waals surface area contributed by atoms with Gasteiger partial charge in [-0.05, 0) is 12.1 Å². The summed E-state index contributed by atoms with van der Waals surface area (Å²) in [5.41, 5.74) is -0.591. The molecule has 0 spiro atoms. The molecular formula is C10H6Cl2N2O2. The molecule has 1 aromatic heterocycles. The second-order valence-electron chi connectivity index (χ2n) is 3.05. The first-order chi connectivity index (χ1) is 7.59. The van der Waals surface area contributed by atoms with Gasteiger partial charge in [-0.2, -0.15) is 0 Å². The Morgan fingerprint density at radius 1 is 1.12 bits per heavy atom. The van der Waals surface area contributed by atoms with Gasteiger partial charge in [-0.25, -0.2) is 4.79 Å². The zero-order valence-electron chi connectivity index (χ0n) is 7.91. The molecule has 2 aromatic rings. The number of nitrogens with one attached hydrogen (secondary N) is 1. The molecule has 0 aliphatic heterocycles. The van der Waals surface area contributed by atoms with Crippen molar-refractivity contribution in [3.63, 3.8) is 0 Å². The van der Waals surface area contributed by atoms with Crippen LogP contribution in [0.1, 0.15) is 0 Å². The molecule has 0 saturated carbocycles. The third-order valence-electron chi connectivity index (χ3n) is 2.01. The number of aromatic amines is 1. The molecule has 0 atom stereocenters. The van der Waals surface area contributed by atoms with Crippen LogP contribution in [0.5, 0.6) is 0 Å². The van der Waals surface area contributed by atoms with E-state index in [1.807, 2.05) is 0 Å². The number of aromatic nitrogens is 2. The van der Waals surface area contributed by atoms with Crippen molar-refractivity contribution in [2.45, 2.75) is 0 Å². The fraction of sp³-hybridized carbons (Fsp3) is 0. The minimum Gasteiger partial charge on any atom is -0.274 e.